The van der Waals surface area contributed by atoms with Crippen molar-refractivity contribution in [2.24, 2.45) is 0 Å². The van der Waals surface area contributed by atoms with Crippen molar-refractivity contribution in [3.63, 3.8) is 0 Å². The van der Waals surface area contributed by atoms with Gasteiger partial charge in [0.05, 0.1) is 24.2 Å². The molecule has 0 saturated heterocycles. The van der Waals surface area contributed by atoms with Crippen LogP contribution >= 0.6 is 0 Å². The quantitative estimate of drug-likeness (QED) is 0.899. The van der Waals surface area contributed by atoms with Gasteiger partial charge in [-0.3, -0.25) is 0 Å². The molecule has 0 unspecified atom stereocenters. The molecule has 0 bridgehead atoms. The molecule has 0 aliphatic rings. The van der Waals surface area contributed by atoms with E-state index in [4.69, 9.17) is 0 Å². The lowest BCUT2D eigenvalue weighted by molar-refractivity contribution is 0.586. The smallest absolute Gasteiger partial charge is 0.209 e. The Morgan fingerprint density at radius 2 is 1.89 bits per heavy atom. The molecule has 6 heteroatoms. The Kier molecular flexibility index (Phi) is 3.69. The fourth-order valence-corrected chi connectivity index (χ4v) is 1.88. The number of benzene rings is 1. The van der Waals surface area contributed by atoms with Crippen molar-refractivity contribution in [2.75, 3.05) is 6.26 Å². The summed E-state index contributed by atoms with van der Waals surface area (Å²) in [5.74, 6) is 0. The lowest BCUT2D eigenvalue weighted by Crippen LogP contribution is -2.21. The van der Waals surface area contributed by atoms with Gasteiger partial charge in [-0.1, -0.05) is 30.3 Å². The molecule has 18 heavy (non-hydrogen) atoms. The van der Waals surface area contributed by atoms with Gasteiger partial charge in [0.2, 0.25) is 10.0 Å². The Morgan fingerprint density at radius 1 is 1.17 bits per heavy atom. The standard InChI is InChI=1S/C12H13N3O2S/c1-18(16,17)15-8-11-7-12(14-9-13-11)10-5-3-2-4-6-10/h2-7,9,15H,8H2,1H3. The van der Waals surface area contributed by atoms with E-state index in [1.54, 1.807) is 6.07 Å². The number of rotatable bonds is 4. The zero-order chi connectivity index (χ0) is 13.0. The second kappa shape index (κ2) is 5.24. The van der Waals surface area contributed by atoms with E-state index in [1.165, 1.54) is 6.33 Å². The lowest BCUT2D eigenvalue weighted by Gasteiger charge is -2.04. The third-order valence-electron chi connectivity index (χ3n) is 2.31. The fraction of sp³-hybridized carbons (Fsp3) is 0.167. The second-order valence-corrected chi connectivity index (χ2v) is 5.69. The van der Waals surface area contributed by atoms with E-state index >= 15 is 0 Å². The molecule has 1 N–H and O–H groups in total. The summed E-state index contributed by atoms with van der Waals surface area (Å²) >= 11 is 0. The molecule has 0 atom stereocenters. The van der Waals surface area contributed by atoms with Crippen molar-refractivity contribution < 1.29 is 8.42 Å². The molecule has 0 aliphatic carbocycles. The van der Waals surface area contributed by atoms with E-state index < -0.39 is 10.0 Å². The van der Waals surface area contributed by atoms with Gasteiger partial charge in [0.1, 0.15) is 6.33 Å². The maximum Gasteiger partial charge on any atom is 0.209 e. The number of sulfonamides is 1. The first-order valence-electron chi connectivity index (χ1n) is 5.35. The van der Waals surface area contributed by atoms with Crippen molar-refractivity contribution in [3.8, 4) is 11.3 Å². The van der Waals surface area contributed by atoms with Crippen LogP contribution in [0.2, 0.25) is 0 Å². The molecule has 1 aromatic carbocycles. The topological polar surface area (TPSA) is 72.0 Å². The first-order valence-corrected chi connectivity index (χ1v) is 7.25. The van der Waals surface area contributed by atoms with Gasteiger partial charge < -0.3 is 0 Å². The van der Waals surface area contributed by atoms with Crippen molar-refractivity contribution in [1.82, 2.24) is 14.7 Å². The molecule has 0 spiro atoms. The second-order valence-electron chi connectivity index (χ2n) is 3.85. The van der Waals surface area contributed by atoms with E-state index in [2.05, 4.69) is 14.7 Å². The van der Waals surface area contributed by atoms with Gasteiger partial charge >= 0.3 is 0 Å². The van der Waals surface area contributed by atoms with E-state index in [-0.39, 0.29) is 6.54 Å². The van der Waals surface area contributed by atoms with Gasteiger partial charge in [-0.2, -0.15) is 0 Å². The molecule has 0 fully saturated rings. The minimum atomic E-state index is -3.21. The highest BCUT2D eigenvalue weighted by molar-refractivity contribution is 7.88. The molecular formula is C12H13N3O2S. The summed E-state index contributed by atoms with van der Waals surface area (Å²) in [6, 6.07) is 11.4. The summed E-state index contributed by atoms with van der Waals surface area (Å²) in [4.78, 5) is 8.20. The van der Waals surface area contributed by atoms with Crippen LogP contribution in [0.5, 0.6) is 0 Å². The molecule has 0 radical (unpaired) electrons. The molecule has 2 aromatic rings. The molecule has 94 valence electrons. The monoisotopic (exact) mass is 263 g/mol. The van der Waals surface area contributed by atoms with Crippen LogP contribution in [-0.2, 0) is 16.6 Å². The van der Waals surface area contributed by atoms with Gasteiger partial charge in [0.25, 0.3) is 0 Å². The number of hydrogen-bond donors (Lipinski definition) is 1. The predicted octanol–water partition coefficient (Wildman–Crippen LogP) is 1.19. The Bertz CT molecular complexity index is 627. The molecular weight excluding hydrogens is 250 g/mol. The molecule has 1 heterocycles. The van der Waals surface area contributed by atoms with Crippen LogP contribution in [0, 0.1) is 0 Å². The Morgan fingerprint density at radius 3 is 2.56 bits per heavy atom. The number of nitrogens with zero attached hydrogens (tertiary/aromatic N) is 2. The summed E-state index contributed by atoms with van der Waals surface area (Å²) in [5, 5.41) is 0. The van der Waals surface area contributed by atoms with E-state index in [0.29, 0.717) is 5.69 Å². The van der Waals surface area contributed by atoms with Gasteiger partial charge in [-0.05, 0) is 6.07 Å². The molecule has 2 rings (SSSR count). The van der Waals surface area contributed by atoms with Crippen LogP contribution in [-0.4, -0.2) is 24.6 Å². The van der Waals surface area contributed by atoms with Crippen LogP contribution in [0.1, 0.15) is 5.69 Å². The third-order valence-corrected chi connectivity index (χ3v) is 2.98. The third kappa shape index (κ3) is 3.61. The van der Waals surface area contributed by atoms with E-state index in [1.807, 2.05) is 30.3 Å². The maximum atomic E-state index is 11.0. The molecule has 0 amide bonds. The fourth-order valence-electron chi connectivity index (χ4n) is 1.47. The Labute approximate surface area is 106 Å². The Balaban J connectivity index is 2.21. The zero-order valence-electron chi connectivity index (χ0n) is 9.87. The largest absolute Gasteiger partial charge is 0.240 e. The van der Waals surface area contributed by atoms with Gasteiger partial charge in [-0.15, -0.1) is 0 Å². The summed E-state index contributed by atoms with van der Waals surface area (Å²) in [7, 11) is -3.21. The predicted molar refractivity (Wildman–Crippen MR) is 69.2 cm³/mol. The van der Waals surface area contributed by atoms with Crippen molar-refractivity contribution in [1.29, 1.82) is 0 Å². The highest BCUT2D eigenvalue weighted by Crippen LogP contribution is 2.15. The number of aromatic nitrogens is 2. The number of hydrogen-bond acceptors (Lipinski definition) is 4. The lowest BCUT2D eigenvalue weighted by atomic mass is 10.1. The van der Waals surface area contributed by atoms with Gasteiger partial charge in [0.15, 0.2) is 0 Å². The first kappa shape index (κ1) is 12.7. The minimum Gasteiger partial charge on any atom is -0.240 e. The molecule has 5 nitrogen and oxygen atoms in total. The number of nitrogens with one attached hydrogen (secondary N) is 1. The summed E-state index contributed by atoms with van der Waals surface area (Å²) in [6.07, 6.45) is 2.55. The zero-order valence-corrected chi connectivity index (χ0v) is 10.7. The molecule has 0 aliphatic heterocycles. The van der Waals surface area contributed by atoms with Gasteiger partial charge in [0, 0.05) is 5.56 Å². The summed E-state index contributed by atoms with van der Waals surface area (Å²) in [5.41, 5.74) is 2.38. The first-order chi connectivity index (χ1) is 8.54. The van der Waals surface area contributed by atoms with Crippen LogP contribution in [0.4, 0.5) is 0 Å². The Hall–Kier alpha value is -1.79. The van der Waals surface area contributed by atoms with Crippen LogP contribution < -0.4 is 4.72 Å². The summed E-state index contributed by atoms with van der Waals surface area (Å²) < 4.78 is 24.4. The summed E-state index contributed by atoms with van der Waals surface area (Å²) in [6.45, 7) is 0.168. The SMILES string of the molecule is CS(=O)(=O)NCc1cc(-c2ccccc2)ncn1. The highest BCUT2D eigenvalue weighted by Gasteiger charge is 2.04. The molecule has 0 saturated carbocycles. The normalized spacial score (nSPS) is 11.4. The van der Waals surface area contributed by atoms with Crippen LogP contribution in [0.3, 0.4) is 0 Å². The minimum absolute atomic E-state index is 0.168. The van der Waals surface area contributed by atoms with Crippen LogP contribution in [0.15, 0.2) is 42.7 Å². The maximum absolute atomic E-state index is 11.0. The van der Waals surface area contributed by atoms with E-state index in [0.717, 1.165) is 17.5 Å². The van der Waals surface area contributed by atoms with Crippen molar-refractivity contribution >= 4 is 10.0 Å². The van der Waals surface area contributed by atoms with Crippen molar-refractivity contribution in [2.45, 2.75) is 6.54 Å². The molecule has 1 aromatic heterocycles. The van der Waals surface area contributed by atoms with Crippen LogP contribution in [0.25, 0.3) is 11.3 Å². The highest BCUT2D eigenvalue weighted by atomic mass is 32.2. The van der Waals surface area contributed by atoms with Crippen molar-refractivity contribution in [3.05, 3.63) is 48.4 Å². The van der Waals surface area contributed by atoms with E-state index in [9.17, 15) is 8.42 Å². The average molecular weight is 263 g/mol. The average Bonchev–Trinajstić information content (AvgIpc) is 2.37. The van der Waals surface area contributed by atoms with Gasteiger partial charge in [-0.25, -0.2) is 23.1 Å².